The highest BCUT2D eigenvalue weighted by Crippen LogP contribution is 2.24. The quantitative estimate of drug-likeness (QED) is 0.352. The second-order valence-corrected chi connectivity index (χ2v) is 6.64. The minimum atomic E-state index is 0.588. The highest BCUT2D eigenvalue weighted by molar-refractivity contribution is 5.15. The molecule has 0 aliphatic carbocycles. The minimum Gasteiger partial charge on any atom is -0.380 e. The molecule has 0 fully saturated rings. The van der Waals surface area contributed by atoms with E-state index in [1.54, 1.807) is 7.11 Å². The van der Waals surface area contributed by atoms with Gasteiger partial charge in [0.25, 0.3) is 0 Å². The van der Waals surface area contributed by atoms with E-state index in [0.717, 1.165) is 12.5 Å². The molecule has 3 atom stereocenters. The Labute approximate surface area is 133 Å². The fraction of sp³-hybridized carbons (Fsp3) is 0.700. The number of hydrogen-bond donors (Lipinski definition) is 0. The van der Waals surface area contributed by atoms with Gasteiger partial charge in [0.1, 0.15) is 0 Å². The van der Waals surface area contributed by atoms with E-state index in [4.69, 9.17) is 4.74 Å². The number of rotatable bonds is 10. The van der Waals surface area contributed by atoms with Crippen LogP contribution in [0.15, 0.2) is 36.0 Å². The second-order valence-electron chi connectivity index (χ2n) is 6.64. The maximum atomic E-state index is 5.33. The molecular formula is C20H36O. The fourth-order valence-electron chi connectivity index (χ4n) is 2.29. The van der Waals surface area contributed by atoms with Crippen LogP contribution in [0.25, 0.3) is 0 Å². The van der Waals surface area contributed by atoms with Crippen LogP contribution >= 0.6 is 0 Å². The Kier molecular flexibility index (Phi) is 11.3. The molecule has 0 saturated carbocycles. The molecule has 0 aromatic carbocycles. The Hall–Kier alpha value is -0.820. The topological polar surface area (TPSA) is 9.23 Å². The summed E-state index contributed by atoms with van der Waals surface area (Å²) in [5.41, 5.74) is 1.40. The van der Waals surface area contributed by atoms with Gasteiger partial charge in [-0.15, -0.1) is 0 Å². The van der Waals surface area contributed by atoms with Crippen LogP contribution in [0, 0.1) is 23.7 Å². The zero-order valence-corrected chi connectivity index (χ0v) is 15.2. The summed E-state index contributed by atoms with van der Waals surface area (Å²) >= 11 is 0. The third-order valence-corrected chi connectivity index (χ3v) is 4.20. The highest BCUT2D eigenvalue weighted by Gasteiger charge is 2.14. The summed E-state index contributed by atoms with van der Waals surface area (Å²) in [6.07, 6.45) is 13.6. The molecule has 0 spiro atoms. The van der Waals surface area contributed by atoms with Gasteiger partial charge in [-0.3, -0.25) is 0 Å². The second kappa shape index (κ2) is 11.8. The van der Waals surface area contributed by atoms with E-state index in [1.165, 1.54) is 18.4 Å². The highest BCUT2D eigenvalue weighted by atomic mass is 16.5. The molecule has 1 heteroatoms. The summed E-state index contributed by atoms with van der Waals surface area (Å²) in [6, 6.07) is 0. The van der Waals surface area contributed by atoms with Crippen molar-refractivity contribution in [3.63, 3.8) is 0 Å². The predicted molar refractivity (Wildman–Crippen MR) is 95.5 cm³/mol. The van der Waals surface area contributed by atoms with Crippen LogP contribution in [0.2, 0.25) is 0 Å². The normalized spacial score (nSPS) is 17.8. The Morgan fingerprint density at radius 1 is 1.00 bits per heavy atom. The molecule has 1 nitrogen and oxygen atoms in total. The average molecular weight is 293 g/mol. The predicted octanol–water partition coefficient (Wildman–Crippen LogP) is 6.04. The molecule has 0 saturated heterocycles. The van der Waals surface area contributed by atoms with E-state index in [1.807, 2.05) is 0 Å². The Bertz CT molecular complexity index is 336. The zero-order chi connectivity index (χ0) is 16.3. The summed E-state index contributed by atoms with van der Waals surface area (Å²) in [5, 5.41) is 0. The van der Waals surface area contributed by atoms with Gasteiger partial charge in [-0.1, -0.05) is 65.0 Å². The lowest BCUT2D eigenvalue weighted by Crippen LogP contribution is -2.11. The van der Waals surface area contributed by atoms with Crippen LogP contribution in [0.4, 0.5) is 0 Å². The first-order valence-corrected chi connectivity index (χ1v) is 8.41. The molecule has 21 heavy (non-hydrogen) atoms. The maximum absolute atomic E-state index is 5.33. The Morgan fingerprint density at radius 2 is 1.67 bits per heavy atom. The maximum Gasteiger partial charge on any atom is 0.0678 e. The van der Waals surface area contributed by atoms with Crippen molar-refractivity contribution in [2.75, 3.05) is 13.7 Å². The van der Waals surface area contributed by atoms with Crippen molar-refractivity contribution < 1.29 is 4.74 Å². The van der Waals surface area contributed by atoms with Crippen molar-refractivity contribution in [2.45, 2.75) is 54.4 Å². The molecule has 0 rings (SSSR count). The number of allylic oxidation sites excluding steroid dienone is 5. The molecule has 3 unspecified atom stereocenters. The zero-order valence-electron chi connectivity index (χ0n) is 15.2. The Balaban J connectivity index is 4.40. The number of ether oxygens (including phenoxy) is 1. The molecule has 0 aliphatic rings. The van der Waals surface area contributed by atoms with Crippen molar-refractivity contribution in [1.82, 2.24) is 0 Å². The van der Waals surface area contributed by atoms with Gasteiger partial charge >= 0.3 is 0 Å². The lowest BCUT2D eigenvalue weighted by molar-refractivity contribution is 0.214. The van der Waals surface area contributed by atoms with Gasteiger partial charge in [0.2, 0.25) is 0 Å². The van der Waals surface area contributed by atoms with Gasteiger partial charge in [-0.25, -0.2) is 0 Å². The van der Waals surface area contributed by atoms with E-state index < -0.39 is 0 Å². The molecule has 122 valence electrons. The lowest BCUT2D eigenvalue weighted by Gasteiger charge is -2.21. The molecule has 0 radical (unpaired) electrons. The van der Waals surface area contributed by atoms with Crippen molar-refractivity contribution in [3.8, 4) is 0 Å². The monoisotopic (exact) mass is 292 g/mol. The first kappa shape index (κ1) is 20.2. The van der Waals surface area contributed by atoms with E-state index in [-0.39, 0.29) is 0 Å². The van der Waals surface area contributed by atoms with Crippen LogP contribution < -0.4 is 0 Å². The van der Waals surface area contributed by atoms with E-state index in [2.05, 4.69) is 71.9 Å². The number of hydrogen-bond acceptors (Lipinski definition) is 1. The lowest BCUT2D eigenvalue weighted by atomic mass is 9.86. The minimum absolute atomic E-state index is 0.588. The van der Waals surface area contributed by atoms with Crippen molar-refractivity contribution in [2.24, 2.45) is 23.7 Å². The van der Waals surface area contributed by atoms with Crippen LogP contribution in [-0.4, -0.2) is 13.7 Å². The first-order valence-electron chi connectivity index (χ1n) is 8.41. The summed E-state index contributed by atoms with van der Waals surface area (Å²) in [5.74, 6) is 2.62. The molecule has 0 amide bonds. The van der Waals surface area contributed by atoms with Crippen LogP contribution in [0.1, 0.15) is 54.4 Å². The third kappa shape index (κ3) is 9.68. The molecule has 0 heterocycles. The summed E-state index contributed by atoms with van der Waals surface area (Å²) in [6.45, 7) is 14.3. The Morgan fingerprint density at radius 3 is 2.19 bits per heavy atom. The van der Waals surface area contributed by atoms with E-state index in [9.17, 15) is 0 Å². The standard InChI is InChI=1S/C20H36O/c1-8-9-10-20(15-21-7)19(6)14-13-18(5)17(4)12-11-16(2)3/h8-12,16-19H,13-15H2,1-7H3/b9-8-,12-11-,20-10+. The third-order valence-electron chi connectivity index (χ3n) is 4.20. The molecule has 0 N–H and O–H groups in total. The molecular weight excluding hydrogens is 256 g/mol. The summed E-state index contributed by atoms with van der Waals surface area (Å²) < 4.78 is 5.33. The van der Waals surface area contributed by atoms with Crippen LogP contribution in [-0.2, 0) is 4.74 Å². The van der Waals surface area contributed by atoms with Gasteiger partial charge in [0.15, 0.2) is 0 Å². The summed E-state index contributed by atoms with van der Waals surface area (Å²) in [7, 11) is 1.78. The van der Waals surface area contributed by atoms with Gasteiger partial charge in [-0.2, -0.15) is 0 Å². The van der Waals surface area contributed by atoms with Crippen molar-refractivity contribution >= 4 is 0 Å². The fourth-order valence-corrected chi connectivity index (χ4v) is 2.29. The smallest absolute Gasteiger partial charge is 0.0678 e. The van der Waals surface area contributed by atoms with Gasteiger partial charge in [0.05, 0.1) is 6.61 Å². The SMILES string of the molecule is C/C=C\C=C(/COC)C(C)CCC(C)C(C)/C=C\C(C)C. The molecule has 0 aromatic heterocycles. The van der Waals surface area contributed by atoms with Gasteiger partial charge in [-0.05, 0) is 49.0 Å². The van der Waals surface area contributed by atoms with Gasteiger partial charge < -0.3 is 4.74 Å². The summed E-state index contributed by atoms with van der Waals surface area (Å²) in [4.78, 5) is 0. The molecule has 0 aliphatic heterocycles. The van der Waals surface area contributed by atoms with Crippen LogP contribution in [0.3, 0.4) is 0 Å². The first-order chi connectivity index (χ1) is 9.92. The van der Waals surface area contributed by atoms with E-state index in [0.29, 0.717) is 17.8 Å². The molecule has 0 bridgehead atoms. The van der Waals surface area contributed by atoms with E-state index >= 15 is 0 Å². The van der Waals surface area contributed by atoms with Crippen molar-refractivity contribution in [3.05, 3.63) is 36.0 Å². The van der Waals surface area contributed by atoms with Crippen molar-refractivity contribution in [1.29, 1.82) is 0 Å². The van der Waals surface area contributed by atoms with Crippen LogP contribution in [0.5, 0.6) is 0 Å². The van der Waals surface area contributed by atoms with Gasteiger partial charge in [0, 0.05) is 7.11 Å². The largest absolute Gasteiger partial charge is 0.380 e. The number of methoxy groups -OCH3 is 1. The molecule has 0 aromatic rings. The average Bonchev–Trinajstić information content (AvgIpc) is 2.45.